The molecule has 0 radical (unpaired) electrons. The number of esters is 1. The quantitative estimate of drug-likeness (QED) is 0.373. The number of carbonyl (C=O) groups is 4. The van der Waals surface area contributed by atoms with Crippen molar-refractivity contribution in [1.82, 2.24) is 16.0 Å². The number of nitrogens with one attached hydrogen (secondary N) is 3. The van der Waals surface area contributed by atoms with Gasteiger partial charge in [-0.25, -0.2) is 0 Å². The highest BCUT2D eigenvalue weighted by Crippen LogP contribution is 2.02. The summed E-state index contributed by atoms with van der Waals surface area (Å²) in [4.78, 5) is 46.6. The molecular weight excluding hydrogens is 364 g/mol. The van der Waals surface area contributed by atoms with Crippen molar-refractivity contribution in [3.63, 3.8) is 0 Å². The van der Waals surface area contributed by atoms with Crippen LogP contribution in [0.5, 0.6) is 0 Å². The molecule has 3 amide bonds. The van der Waals surface area contributed by atoms with Crippen LogP contribution in [0.25, 0.3) is 0 Å². The molecular formula is C19H28N4O5. The van der Waals surface area contributed by atoms with Crippen molar-refractivity contribution in [2.45, 2.75) is 32.9 Å². The van der Waals surface area contributed by atoms with Crippen LogP contribution >= 0.6 is 0 Å². The topological polar surface area (TPSA) is 140 Å². The Morgan fingerprint density at radius 3 is 2.11 bits per heavy atom. The molecule has 0 unspecified atom stereocenters. The van der Waals surface area contributed by atoms with Gasteiger partial charge in [-0.05, 0) is 17.9 Å². The first-order valence-corrected chi connectivity index (χ1v) is 9.04. The van der Waals surface area contributed by atoms with E-state index in [1.807, 2.05) is 44.2 Å². The zero-order chi connectivity index (χ0) is 20.9. The van der Waals surface area contributed by atoms with Crippen LogP contribution in [0, 0.1) is 5.92 Å². The van der Waals surface area contributed by atoms with Crippen LogP contribution in [-0.2, 0) is 30.5 Å². The highest BCUT2D eigenvalue weighted by molar-refractivity contribution is 5.90. The first kappa shape index (κ1) is 23.1. The van der Waals surface area contributed by atoms with E-state index in [-0.39, 0.29) is 32.2 Å². The number of carbonyl (C=O) groups excluding carboxylic acids is 4. The molecule has 0 saturated heterocycles. The Kier molecular flexibility index (Phi) is 10.3. The number of rotatable bonds is 11. The first-order valence-electron chi connectivity index (χ1n) is 9.04. The van der Waals surface area contributed by atoms with Gasteiger partial charge in [-0.15, -0.1) is 0 Å². The lowest BCUT2D eigenvalue weighted by atomic mass is 10.0. The molecule has 1 aromatic carbocycles. The van der Waals surface area contributed by atoms with E-state index in [0.29, 0.717) is 6.42 Å². The maximum atomic E-state index is 11.7. The van der Waals surface area contributed by atoms with Crippen molar-refractivity contribution in [2.75, 3.05) is 19.6 Å². The molecule has 9 heteroatoms. The van der Waals surface area contributed by atoms with Gasteiger partial charge < -0.3 is 26.4 Å². The minimum Gasteiger partial charge on any atom is -0.460 e. The molecule has 0 bridgehead atoms. The van der Waals surface area contributed by atoms with E-state index in [9.17, 15) is 19.2 Å². The summed E-state index contributed by atoms with van der Waals surface area (Å²) in [6, 6.07) is 8.46. The molecule has 0 heterocycles. The normalized spacial score (nSPS) is 11.4. The van der Waals surface area contributed by atoms with E-state index >= 15 is 0 Å². The Morgan fingerprint density at radius 1 is 0.929 bits per heavy atom. The Hall–Kier alpha value is -2.94. The fraction of sp³-hybridized carbons (Fsp3) is 0.474. The molecule has 28 heavy (non-hydrogen) atoms. The molecule has 0 fully saturated rings. The van der Waals surface area contributed by atoms with E-state index in [2.05, 4.69) is 16.0 Å². The van der Waals surface area contributed by atoms with Crippen molar-refractivity contribution in [1.29, 1.82) is 0 Å². The number of benzene rings is 1. The third kappa shape index (κ3) is 10.3. The van der Waals surface area contributed by atoms with Crippen LogP contribution in [0.4, 0.5) is 0 Å². The van der Waals surface area contributed by atoms with Gasteiger partial charge in [-0.1, -0.05) is 44.2 Å². The van der Waals surface area contributed by atoms with Gasteiger partial charge >= 0.3 is 5.97 Å². The standard InChI is InChI=1S/C19H28N4O5/c1-13(2)8-15(20)19(27)23-10-17(25)21-9-16(24)22-11-18(26)28-12-14-6-4-3-5-7-14/h3-7,13,15H,8-12,20H2,1-2H3,(H,21,25)(H,22,24)(H,23,27)/t15-/m0/s1. The zero-order valence-corrected chi connectivity index (χ0v) is 16.2. The molecule has 1 atom stereocenters. The molecule has 0 spiro atoms. The van der Waals surface area contributed by atoms with Crippen LogP contribution in [0.2, 0.25) is 0 Å². The lowest BCUT2D eigenvalue weighted by Crippen LogP contribution is -2.47. The first-order chi connectivity index (χ1) is 13.3. The van der Waals surface area contributed by atoms with Crippen LogP contribution in [0.3, 0.4) is 0 Å². The van der Waals surface area contributed by atoms with Gasteiger partial charge in [0.2, 0.25) is 17.7 Å². The summed E-state index contributed by atoms with van der Waals surface area (Å²) in [6.45, 7) is 3.09. The molecule has 1 rings (SSSR count). The largest absolute Gasteiger partial charge is 0.460 e. The van der Waals surface area contributed by atoms with Gasteiger partial charge in [-0.2, -0.15) is 0 Å². The molecule has 0 aliphatic heterocycles. The number of ether oxygens (including phenoxy) is 1. The predicted molar refractivity (Wildman–Crippen MR) is 103 cm³/mol. The van der Waals surface area contributed by atoms with Crippen LogP contribution in [0.1, 0.15) is 25.8 Å². The van der Waals surface area contributed by atoms with Gasteiger partial charge in [0, 0.05) is 0 Å². The Balaban J connectivity index is 2.15. The average Bonchev–Trinajstić information content (AvgIpc) is 2.67. The van der Waals surface area contributed by atoms with Crippen LogP contribution in [-0.4, -0.2) is 49.4 Å². The minimum absolute atomic E-state index is 0.116. The van der Waals surface area contributed by atoms with Gasteiger partial charge in [-0.3, -0.25) is 19.2 Å². The van der Waals surface area contributed by atoms with Crippen LogP contribution in [0.15, 0.2) is 30.3 Å². The maximum absolute atomic E-state index is 11.7. The summed E-state index contributed by atoms with van der Waals surface area (Å²) >= 11 is 0. The molecule has 154 valence electrons. The van der Waals surface area contributed by atoms with Crippen molar-refractivity contribution >= 4 is 23.7 Å². The van der Waals surface area contributed by atoms with Gasteiger partial charge in [0.15, 0.2) is 0 Å². The van der Waals surface area contributed by atoms with Gasteiger partial charge in [0.1, 0.15) is 13.2 Å². The molecule has 1 aromatic rings. The van der Waals surface area contributed by atoms with E-state index in [1.54, 1.807) is 0 Å². The summed E-state index contributed by atoms with van der Waals surface area (Å²) in [5, 5.41) is 7.10. The molecule has 5 N–H and O–H groups in total. The fourth-order valence-electron chi connectivity index (χ4n) is 2.18. The summed E-state index contributed by atoms with van der Waals surface area (Å²) in [5.74, 6) is -1.83. The smallest absolute Gasteiger partial charge is 0.325 e. The molecule has 0 aromatic heterocycles. The molecule has 0 aliphatic rings. The maximum Gasteiger partial charge on any atom is 0.325 e. The fourth-order valence-corrected chi connectivity index (χ4v) is 2.18. The van der Waals surface area contributed by atoms with Crippen molar-refractivity contribution < 1.29 is 23.9 Å². The molecule has 9 nitrogen and oxygen atoms in total. The Morgan fingerprint density at radius 2 is 1.50 bits per heavy atom. The van der Waals surface area contributed by atoms with Gasteiger partial charge in [0.25, 0.3) is 0 Å². The van der Waals surface area contributed by atoms with Gasteiger partial charge in [0.05, 0.1) is 19.1 Å². The van der Waals surface area contributed by atoms with Crippen molar-refractivity contribution in [2.24, 2.45) is 11.7 Å². The summed E-state index contributed by atoms with van der Waals surface area (Å²) in [6.07, 6.45) is 0.510. The number of nitrogens with two attached hydrogens (primary N) is 1. The van der Waals surface area contributed by atoms with E-state index in [4.69, 9.17) is 10.5 Å². The summed E-state index contributed by atoms with van der Waals surface area (Å²) in [7, 11) is 0. The monoisotopic (exact) mass is 392 g/mol. The van der Waals surface area contributed by atoms with E-state index in [0.717, 1.165) is 5.56 Å². The lowest BCUT2D eigenvalue weighted by Gasteiger charge is -2.14. The Bertz CT molecular complexity index is 664. The number of amides is 3. The van der Waals surface area contributed by atoms with E-state index in [1.165, 1.54) is 0 Å². The minimum atomic E-state index is -0.682. The number of hydrogen-bond acceptors (Lipinski definition) is 6. The van der Waals surface area contributed by atoms with Crippen molar-refractivity contribution in [3.8, 4) is 0 Å². The Labute approximate surface area is 164 Å². The zero-order valence-electron chi connectivity index (χ0n) is 16.2. The second-order valence-corrected chi connectivity index (χ2v) is 6.65. The predicted octanol–water partition coefficient (Wildman–Crippen LogP) is -0.548. The third-order valence-electron chi connectivity index (χ3n) is 3.60. The molecule has 0 saturated carbocycles. The summed E-state index contributed by atoms with van der Waals surface area (Å²) < 4.78 is 5.02. The second kappa shape index (κ2) is 12.4. The van der Waals surface area contributed by atoms with E-state index < -0.39 is 29.7 Å². The second-order valence-electron chi connectivity index (χ2n) is 6.65. The average molecular weight is 392 g/mol. The highest BCUT2D eigenvalue weighted by atomic mass is 16.5. The lowest BCUT2D eigenvalue weighted by molar-refractivity contribution is -0.145. The van der Waals surface area contributed by atoms with Crippen LogP contribution < -0.4 is 21.7 Å². The number of hydrogen-bond donors (Lipinski definition) is 4. The highest BCUT2D eigenvalue weighted by Gasteiger charge is 2.16. The SMILES string of the molecule is CC(C)C[C@H](N)C(=O)NCC(=O)NCC(=O)NCC(=O)OCc1ccccc1. The summed E-state index contributed by atoms with van der Waals surface area (Å²) in [5.41, 5.74) is 6.54. The third-order valence-corrected chi connectivity index (χ3v) is 3.60. The molecule has 0 aliphatic carbocycles. The van der Waals surface area contributed by atoms with Crippen molar-refractivity contribution in [3.05, 3.63) is 35.9 Å².